The van der Waals surface area contributed by atoms with Crippen molar-refractivity contribution in [3.63, 3.8) is 0 Å². The van der Waals surface area contributed by atoms with E-state index in [-0.39, 0.29) is 0 Å². The molecule has 0 radical (unpaired) electrons. The second-order valence-corrected chi connectivity index (χ2v) is 6.19. The third-order valence-corrected chi connectivity index (χ3v) is 4.83. The van der Waals surface area contributed by atoms with Gasteiger partial charge >= 0.3 is 0 Å². The molecule has 0 atom stereocenters. The molecular weight excluding hydrogens is 218 g/mol. The van der Waals surface area contributed by atoms with Crippen LogP contribution >= 0.6 is 0 Å². The lowest BCUT2D eigenvalue weighted by molar-refractivity contribution is 0.255. The van der Waals surface area contributed by atoms with Crippen LogP contribution in [0.2, 0.25) is 0 Å². The monoisotopic (exact) mass is 243 g/mol. The van der Waals surface area contributed by atoms with Crippen molar-refractivity contribution in [2.75, 3.05) is 6.54 Å². The van der Waals surface area contributed by atoms with Crippen LogP contribution in [0.3, 0.4) is 0 Å². The molecule has 18 heavy (non-hydrogen) atoms. The highest BCUT2D eigenvalue weighted by Gasteiger charge is 2.30. The SMILES string of the molecule is c1ccc(C2CC(NCC3CCCCC3)C2)cc1. The van der Waals surface area contributed by atoms with Crippen molar-refractivity contribution in [3.8, 4) is 0 Å². The second kappa shape index (κ2) is 5.88. The average Bonchev–Trinajstić information content (AvgIpc) is 2.39. The van der Waals surface area contributed by atoms with Crippen LogP contribution in [0, 0.1) is 5.92 Å². The summed E-state index contributed by atoms with van der Waals surface area (Å²) in [6.07, 6.45) is 10.0. The van der Waals surface area contributed by atoms with Gasteiger partial charge in [-0.3, -0.25) is 0 Å². The highest BCUT2D eigenvalue weighted by atomic mass is 14.9. The van der Waals surface area contributed by atoms with E-state index >= 15 is 0 Å². The number of nitrogens with one attached hydrogen (secondary N) is 1. The topological polar surface area (TPSA) is 12.0 Å². The molecule has 0 spiro atoms. The summed E-state index contributed by atoms with van der Waals surface area (Å²) in [7, 11) is 0. The van der Waals surface area contributed by atoms with Crippen molar-refractivity contribution in [1.29, 1.82) is 0 Å². The summed E-state index contributed by atoms with van der Waals surface area (Å²) in [5, 5.41) is 3.79. The van der Waals surface area contributed by atoms with Gasteiger partial charge in [0.2, 0.25) is 0 Å². The predicted octanol–water partition coefficient (Wildman–Crippen LogP) is 4.10. The summed E-state index contributed by atoms with van der Waals surface area (Å²) < 4.78 is 0. The minimum Gasteiger partial charge on any atom is -0.314 e. The average molecular weight is 243 g/mol. The van der Waals surface area contributed by atoms with Crippen molar-refractivity contribution < 1.29 is 0 Å². The molecule has 1 nitrogen and oxygen atoms in total. The van der Waals surface area contributed by atoms with E-state index in [9.17, 15) is 0 Å². The number of hydrogen-bond acceptors (Lipinski definition) is 1. The molecule has 1 aromatic carbocycles. The normalized spacial score (nSPS) is 28.9. The van der Waals surface area contributed by atoms with E-state index in [1.165, 1.54) is 57.1 Å². The molecular formula is C17H25N. The van der Waals surface area contributed by atoms with Crippen LogP contribution in [0.1, 0.15) is 56.4 Å². The van der Waals surface area contributed by atoms with E-state index in [2.05, 4.69) is 35.6 Å². The molecule has 0 bridgehead atoms. The minimum absolute atomic E-state index is 0.789. The summed E-state index contributed by atoms with van der Waals surface area (Å²) >= 11 is 0. The first-order chi connectivity index (χ1) is 8.92. The molecule has 2 aliphatic carbocycles. The Hall–Kier alpha value is -0.820. The first-order valence-corrected chi connectivity index (χ1v) is 7.70. The zero-order valence-corrected chi connectivity index (χ0v) is 11.3. The van der Waals surface area contributed by atoms with Gasteiger partial charge < -0.3 is 5.32 Å². The maximum absolute atomic E-state index is 3.79. The van der Waals surface area contributed by atoms with Gasteiger partial charge in [0.15, 0.2) is 0 Å². The van der Waals surface area contributed by atoms with Crippen LogP contribution in [-0.2, 0) is 0 Å². The van der Waals surface area contributed by atoms with Crippen molar-refractivity contribution in [2.45, 2.75) is 56.9 Å². The van der Waals surface area contributed by atoms with E-state index in [1.807, 2.05) is 0 Å². The molecule has 0 heterocycles. The number of rotatable bonds is 4. The second-order valence-electron chi connectivity index (χ2n) is 6.19. The van der Waals surface area contributed by atoms with Crippen LogP contribution in [0.15, 0.2) is 30.3 Å². The third kappa shape index (κ3) is 2.95. The molecule has 0 unspecified atom stereocenters. The molecule has 1 heteroatoms. The Labute approximate surface area is 111 Å². The molecule has 2 aliphatic rings. The summed E-state index contributed by atoms with van der Waals surface area (Å²) in [4.78, 5) is 0. The first-order valence-electron chi connectivity index (χ1n) is 7.70. The summed E-state index contributed by atoms with van der Waals surface area (Å²) in [6, 6.07) is 11.8. The summed E-state index contributed by atoms with van der Waals surface area (Å²) in [5.41, 5.74) is 1.54. The van der Waals surface area contributed by atoms with Crippen molar-refractivity contribution in [2.24, 2.45) is 5.92 Å². The highest BCUT2D eigenvalue weighted by Crippen LogP contribution is 2.37. The van der Waals surface area contributed by atoms with Gasteiger partial charge in [-0.25, -0.2) is 0 Å². The predicted molar refractivity (Wildman–Crippen MR) is 76.8 cm³/mol. The lowest BCUT2D eigenvalue weighted by Gasteiger charge is -2.37. The van der Waals surface area contributed by atoms with Gasteiger partial charge in [-0.2, -0.15) is 0 Å². The van der Waals surface area contributed by atoms with Gasteiger partial charge in [0.25, 0.3) is 0 Å². The van der Waals surface area contributed by atoms with Crippen molar-refractivity contribution in [3.05, 3.63) is 35.9 Å². The summed E-state index contributed by atoms with van der Waals surface area (Å²) in [5.74, 6) is 1.78. The smallest absolute Gasteiger partial charge is 0.00788 e. The van der Waals surface area contributed by atoms with Crippen LogP contribution in [0.25, 0.3) is 0 Å². The molecule has 0 saturated heterocycles. The van der Waals surface area contributed by atoms with Gasteiger partial charge in [0.1, 0.15) is 0 Å². The van der Waals surface area contributed by atoms with E-state index in [4.69, 9.17) is 0 Å². The summed E-state index contributed by atoms with van der Waals surface area (Å²) in [6.45, 7) is 1.27. The molecule has 0 amide bonds. The molecule has 98 valence electrons. The lowest BCUT2D eigenvalue weighted by Crippen LogP contribution is -2.42. The fourth-order valence-electron chi connectivity index (χ4n) is 3.51. The largest absolute Gasteiger partial charge is 0.314 e. The van der Waals surface area contributed by atoms with Crippen LogP contribution in [0.4, 0.5) is 0 Å². The molecule has 0 aliphatic heterocycles. The molecule has 3 rings (SSSR count). The molecule has 1 N–H and O–H groups in total. The zero-order chi connectivity index (χ0) is 12.2. The minimum atomic E-state index is 0.789. The Bertz CT molecular complexity index is 347. The number of hydrogen-bond donors (Lipinski definition) is 1. The van der Waals surface area contributed by atoms with Gasteiger partial charge in [-0.1, -0.05) is 49.6 Å². The van der Waals surface area contributed by atoms with Gasteiger partial charge in [0.05, 0.1) is 0 Å². The fraction of sp³-hybridized carbons (Fsp3) is 0.647. The van der Waals surface area contributed by atoms with Crippen LogP contribution < -0.4 is 5.32 Å². The number of benzene rings is 1. The van der Waals surface area contributed by atoms with Gasteiger partial charge in [0, 0.05) is 6.04 Å². The molecule has 2 saturated carbocycles. The highest BCUT2D eigenvalue weighted by molar-refractivity contribution is 5.22. The van der Waals surface area contributed by atoms with E-state index < -0.39 is 0 Å². The molecule has 2 fully saturated rings. The van der Waals surface area contributed by atoms with Crippen LogP contribution in [-0.4, -0.2) is 12.6 Å². The Morgan fingerprint density at radius 3 is 2.39 bits per heavy atom. The third-order valence-electron chi connectivity index (χ3n) is 4.83. The zero-order valence-electron chi connectivity index (χ0n) is 11.3. The Kier molecular flexibility index (Phi) is 3.99. The van der Waals surface area contributed by atoms with E-state index in [0.29, 0.717) is 0 Å². The first kappa shape index (κ1) is 12.2. The Morgan fingerprint density at radius 2 is 1.67 bits per heavy atom. The van der Waals surface area contributed by atoms with Crippen molar-refractivity contribution in [1.82, 2.24) is 5.32 Å². The van der Waals surface area contributed by atoms with E-state index in [1.54, 1.807) is 0 Å². The molecule has 0 aromatic heterocycles. The fourth-order valence-corrected chi connectivity index (χ4v) is 3.51. The lowest BCUT2D eigenvalue weighted by atomic mass is 9.75. The maximum Gasteiger partial charge on any atom is 0.00788 e. The van der Waals surface area contributed by atoms with Gasteiger partial charge in [-0.15, -0.1) is 0 Å². The maximum atomic E-state index is 3.79. The van der Waals surface area contributed by atoms with E-state index in [0.717, 1.165) is 17.9 Å². The van der Waals surface area contributed by atoms with Crippen LogP contribution in [0.5, 0.6) is 0 Å². The quantitative estimate of drug-likeness (QED) is 0.839. The van der Waals surface area contributed by atoms with Crippen molar-refractivity contribution >= 4 is 0 Å². The van der Waals surface area contributed by atoms with Gasteiger partial charge in [-0.05, 0) is 49.6 Å². The standard InChI is InChI=1S/C17H25N/c1-3-7-14(8-4-1)13-18-17-11-16(12-17)15-9-5-2-6-10-15/h2,5-6,9-10,14,16-18H,1,3-4,7-8,11-13H2. The molecule has 1 aromatic rings. The Morgan fingerprint density at radius 1 is 0.944 bits per heavy atom. The Balaban J connectivity index is 1.37.